The normalized spacial score (nSPS) is 10.7. The van der Waals surface area contributed by atoms with E-state index in [1.54, 1.807) is 0 Å². The summed E-state index contributed by atoms with van der Waals surface area (Å²) in [5, 5.41) is 22.3. The summed E-state index contributed by atoms with van der Waals surface area (Å²) < 4.78 is 2.20. The maximum absolute atomic E-state index is 10.4. The van der Waals surface area contributed by atoms with Crippen molar-refractivity contribution in [2.24, 2.45) is 0 Å². The predicted octanol–water partition coefficient (Wildman–Crippen LogP) is 11.8. The zero-order valence-electron chi connectivity index (χ0n) is 25.4. The Morgan fingerprint density at radius 1 is 0.375 bits per heavy atom. The van der Waals surface area contributed by atoms with Crippen molar-refractivity contribution in [3.8, 4) is 62.3 Å². The number of nitriles is 2. The second-order valence-corrected chi connectivity index (χ2v) is 11.6. The SMILES string of the molecule is C.N#Cc1ccccc1-c1ccc2c(c1)c1ccccc1n2-c1cc(-c2cc(-c3ccccc3)cc(-c3ccccc3)c2)ccc1C#N. The van der Waals surface area contributed by atoms with Crippen LogP contribution in [0.25, 0.3) is 72.0 Å². The average molecular weight is 614 g/mol. The van der Waals surface area contributed by atoms with Crippen molar-refractivity contribution in [1.82, 2.24) is 4.57 Å². The summed E-state index contributed by atoms with van der Waals surface area (Å²) in [4.78, 5) is 0. The molecule has 0 N–H and O–H groups in total. The third kappa shape index (κ3) is 5.21. The van der Waals surface area contributed by atoms with Crippen LogP contribution in [-0.2, 0) is 0 Å². The van der Waals surface area contributed by atoms with Crippen LogP contribution < -0.4 is 0 Å². The molecule has 0 radical (unpaired) electrons. The zero-order chi connectivity index (χ0) is 31.7. The molecule has 3 heteroatoms. The Bertz CT molecular complexity index is 2470. The summed E-state index contributed by atoms with van der Waals surface area (Å²) in [6, 6.07) is 60.9. The second-order valence-electron chi connectivity index (χ2n) is 11.6. The molecule has 0 spiro atoms. The first kappa shape index (κ1) is 30.0. The number of rotatable bonds is 5. The summed E-state index contributed by atoms with van der Waals surface area (Å²) in [5.41, 5.74) is 12.6. The van der Waals surface area contributed by atoms with Crippen molar-refractivity contribution in [1.29, 1.82) is 10.5 Å². The van der Waals surface area contributed by atoms with Gasteiger partial charge < -0.3 is 4.57 Å². The maximum atomic E-state index is 10.4. The van der Waals surface area contributed by atoms with Gasteiger partial charge in [-0.2, -0.15) is 10.5 Å². The van der Waals surface area contributed by atoms with Crippen LogP contribution in [0.1, 0.15) is 18.6 Å². The molecular formula is C45H31N3. The van der Waals surface area contributed by atoms with E-state index in [4.69, 9.17) is 0 Å². The van der Waals surface area contributed by atoms with Crippen LogP contribution in [-0.4, -0.2) is 4.57 Å². The molecule has 226 valence electrons. The Labute approximate surface area is 280 Å². The van der Waals surface area contributed by atoms with Gasteiger partial charge in [-0.3, -0.25) is 0 Å². The minimum atomic E-state index is 0. The van der Waals surface area contributed by atoms with Crippen molar-refractivity contribution < 1.29 is 0 Å². The van der Waals surface area contributed by atoms with Gasteiger partial charge in [-0.1, -0.05) is 117 Å². The third-order valence-corrected chi connectivity index (χ3v) is 8.87. The lowest BCUT2D eigenvalue weighted by Crippen LogP contribution is -1.98. The van der Waals surface area contributed by atoms with E-state index < -0.39 is 0 Å². The molecule has 48 heavy (non-hydrogen) atoms. The molecule has 0 unspecified atom stereocenters. The fourth-order valence-corrected chi connectivity index (χ4v) is 6.61. The molecular weight excluding hydrogens is 583 g/mol. The molecule has 1 heterocycles. The van der Waals surface area contributed by atoms with Gasteiger partial charge in [0.25, 0.3) is 0 Å². The van der Waals surface area contributed by atoms with Gasteiger partial charge in [0.15, 0.2) is 0 Å². The lowest BCUT2D eigenvalue weighted by atomic mass is 9.93. The topological polar surface area (TPSA) is 52.5 Å². The first-order chi connectivity index (χ1) is 23.2. The van der Waals surface area contributed by atoms with Crippen molar-refractivity contribution in [3.63, 3.8) is 0 Å². The Kier molecular flexibility index (Phi) is 7.88. The van der Waals surface area contributed by atoms with Crippen molar-refractivity contribution >= 4 is 21.8 Å². The van der Waals surface area contributed by atoms with Crippen LogP contribution in [0.15, 0.2) is 164 Å². The van der Waals surface area contributed by atoms with Crippen LogP contribution in [0, 0.1) is 22.7 Å². The molecule has 8 aromatic rings. The second kappa shape index (κ2) is 12.6. The molecule has 0 amide bonds. The van der Waals surface area contributed by atoms with Gasteiger partial charge in [0.1, 0.15) is 6.07 Å². The molecule has 0 aliphatic heterocycles. The smallest absolute Gasteiger partial charge is 0.101 e. The number of hydrogen-bond acceptors (Lipinski definition) is 2. The number of hydrogen-bond donors (Lipinski definition) is 0. The number of aromatic nitrogens is 1. The molecule has 7 aromatic carbocycles. The maximum Gasteiger partial charge on any atom is 0.101 e. The Hall–Kier alpha value is -6.68. The minimum absolute atomic E-state index is 0. The van der Waals surface area contributed by atoms with Gasteiger partial charge in [-0.25, -0.2) is 0 Å². The molecule has 0 aliphatic carbocycles. The molecule has 0 bridgehead atoms. The number of para-hydroxylation sites is 1. The van der Waals surface area contributed by atoms with E-state index >= 15 is 0 Å². The summed E-state index contributed by atoms with van der Waals surface area (Å²) in [7, 11) is 0. The lowest BCUT2D eigenvalue weighted by molar-refractivity contribution is 1.17. The predicted molar refractivity (Wildman–Crippen MR) is 199 cm³/mol. The van der Waals surface area contributed by atoms with Crippen LogP contribution in [0.3, 0.4) is 0 Å². The van der Waals surface area contributed by atoms with E-state index in [2.05, 4.69) is 120 Å². The molecule has 8 rings (SSSR count). The monoisotopic (exact) mass is 613 g/mol. The highest BCUT2D eigenvalue weighted by Gasteiger charge is 2.18. The molecule has 0 saturated heterocycles. The average Bonchev–Trinajstić information content (AvgIpc) is 3.48. The molecule has 1 aromatic heterocycles. The van der Waals surface area contributed by atoms with E-state index in [0.29, 0.717) is 11.1 Å². The van der Waals surface area contributed by atoms with Crippen molar-refractivity contribution in [2.75, 3.05) is 0 Å². The first-order valence-corrected chi connectivity index (χ1v) is 15.6. The van der Waals surface area contributed by atoms with Crippen molar-refractivity contribution in [2.45, 2.75) is 7.43 Å². The van der Waals surface area contributed by atoms with E-state index in [-0.39, 0.29) is 7.43 Å². The van der Waals surface area contributed by atoms with E-state index in [9.17, 15) is 10.5 Å². The van der Waals surface area contributed by atoms with E-state index in [0.717, 1.165) is 72.0 Å². The van der Waals surface area contributed by atoms with Gasteiger partial charge in [-0.15, -0.1) is 0 Å². The van der Waals surface area contributed by atoms with Crippen LogP contribution >= 0.6 is 0 Å². The largest absolute Gasteiger partial charge is 0.308 e. The Morgan fingerprint density at radius 2 is 0.917 bits per heavy atom. The molecule has 0 atom stereocenters. The number of nitrogens with zero attached hydrogens (tertiary/aromatic N) is 3. The van der Waals surface area contributed by atoms with Crippen LogP contribution in [0.5, 0.6) is 0 Å². The fraction of sp³-hybridized carbons (Fsp3) is 0.0222. The van der Waals surface area contributed by atoms with E-state index in [1.165, 1.54) is 0 Å². The number of fused-ring (bicyclic) bond motifs is 3. The molecule has 3 nitrogen and oxygen atoms in total. The highest BCUT2D eigenvalue weighted by Crippen LogP contribution is 2.39. The Balaban J connectivity index is 0.00000364. The van der Waals surface area contributed by atoms with Gasteiger partial charge in [0.05, 0.1) is 33.9 Å². The minimum Gasteiger partial charge on any atom is -0.308 e. The fourth-order valence-electron chi connectivity index (χ4n) is 6.61. The van der Waals surface area contributed by atoms with Gasteiger partial charge in [0.2, 0.25) is 0 Å². The lowest BCUT2D eigenvalue weighted by Gasteiger charge is -2.15. The molecule has 0 aliphatic rings. The molecule has 0 saturated carbocycles. The zero-order valence-corrected chi connectivity index (χ0v) is 25.4. The Morgan fingerprint density at radius 3 is 1.58 bits per heavy atom. The highest BCUT2D eigenvalue weighted by molar-refractivity contribution is 6.10. The number of benzene rings is 7. The van der Waals surface area contributed by atoms with Crippen LogP contribution in [0.4, 0.5) is 0 Å². The van der Waals surface area contributed by atoms with Crippen molar-refractivity contribution in [3.05, 3.63) is 175 Å². The van der Waals surface area contributed by atoms with Gasteiger partial charge >= 0.3 is 0 Å². The van der Waals surface area contributed by atoms with E-state index in [1.807, 2.05) is 60.7 Å². The summed E-state index contributed by atoms with van der Waals surface area (Å²) in [6.07, 6.45) is 0. The molecule has 0 fully saturated rings. The van der Waals surface area contributed by atoms with Gasteiger partial charge in [0, 0.05) is 10.8 Å². The summed E-state index contributed by atoms with van der Waals surface area (Å²) in [6.45, 7) is 0. The quantitative estimate of drug-likeness (QED) is 0.194. The van der Waals surface area contributed by atoms with Gasteiger partial charge in [-0.05, 0) is 99.1 Å². The highest BCUT2D eigenvalue weighted by atomic mass is 15.0. The summed E-state index contributed by atoms with van der Waals surface area (Å²) >= 11 is 0. The third-order valence-electron chi connectivity index (χ3n) is 8.87. The van der Waals surface area contributed by atoms with Crippen LogP contribution in [0.2, 0.25) is 0 Å². The first-order valence-electron chi connectivity index (χ1n) is 15.6. The summed E-state index contributed by atoms with van der Waals surface area (Å²) in [5.74, 6) is 0. The standard InChI is InChI=1S/C44H27N3.CH4/c45-28-34-15-7-8-16-39(34)33-21-22-43-41(26-33)40-17-9-10-18-42(40)47(43)44-27-32(19-20-35(44)29-46)38-24-36(30-11-3-1-4-12-30)23-37(25-38)31-13-5-2-6-14-31;/h1-27H;1H4.